The minimum absolute atomic E-state index is 0.167. The first kappa shape index (κ1) is 22.1. The summed E-state index contributed by atoms with van der Waals surface area (Å²) in [7, 11) is 1.61. The normalized spacial score (nSPS) is 11.4. The summed E-state index contributed by atoms with van der Waals surface area (Å²) >= 11 is 6.01. The molecule has 170 valence electrons. The molecule has 0 radical (unpaired) electrons. The zero-order chi connectivity index (χ0) is 24.4. The van der Waals surface area contributed by atoms with Crippen LogP contribution in [0.5, 0.6) is 5.75 Å². The Morgan fingerprint density at radius 2 is 1.89 bits per heavy atom. The summed E-state index contributed by atoms with van der Waals surface area (Å²) < 4.78 is 7.02. The number of aromatic amines is 1. The fourth-order valence-corrected chi connectivity index (χ4v) is 3.90. The van der Waals surface area contributed by atoms with Crippen LogP contribution in [0.1, 0.15) is 11.4 Å². The minimum atomic E-state index is -0.371. The number of halogens is 1. The number of rotatable bonds is 5. The van der Waals surface area contributed by atoms with Crippen molar-refractivity contribution in [2.24, 2.45) is 0 Å². The summed E-state index contributed by atoms with van der Waals surface area (Å²) in [5, 5.41) is 15.5. The molecule has 0 aliphatic carbocycles. The first-order valence-corrected chi connectivity index (χ1v) is 11.0. The number of nitrogens with one attached hydrogen (secondary N) is 1. The average molecular weight is 480 g/mol. The maximum atomic E-state index is 12.6. The number of allylic oxidation sites excluding steroid dienone is 1. The van der Waals surface area contributed by atoms with Crippen molar-refractivity contribution in [1.29, 1.82) is 5.26 Å². The van der Waals surface area contributed by atoms with Crippen LogP contribution in [0.2, 0.25) is 5.02 Å². The third-order valence-electron chi connectivity index (χ3n) is 5.47. The van der Waals surface area contributed by atoms with Gasteiger partial charge < -0.3 is 9.72 Å². The number of H-pyrrole nitrogens is 1. The number of fused-ring (bicyclic) bond motifs is 1. The van der Waals surface area contributed by atoms with E-state index < -0.39 is 0 Å². The van der Waals surface area contributed by atoms with Crippen LogP contribution in [0.15, 0.2) is 83.8 Å². The second kappa shape index (κ2) is 9.29. The van der Waals surface area contributed by atoms with E-state index >= 15 is 0 Å². The van der Waals surface area contributed by atoms with Gasteiger partial charge in [-0.05, 0) is 60.7 Å². The molecule has 0 aliphatic rings. The Labute approximate surface area is 205 Å². The minimum Gasteiger partial charge on any atom is -0.497 e. The summed E-state index contributed by atoms with van der Waals surface area (Å²) in [6, 6.07) is 24.2. The van der Waals surface area contributed by atoms with E-state index in [2.05, 4.69) is 16.0 Å². The number of hydrogen-bond acceptors (Lipinski definition) is 5. The van der Waals surface area contributed by atoms with Crippen molar-refractivity contribution in [2.75, 3.05) is 7.11 Å². The van der Waals surface area contributed by atoms with Crippen molar-refractivity contribution in [2.45, 2.75) is 0 Å². The van der Waals surface area contributed by atoms with Gasteiger partial charge in [-0.25, -0.2) is 9.67 Å². The van der Waals surface area contributed by atoms with Crippen LogP contribution in [0.4, 0.5) is 0 Å². The van der Waals surface area contributed by atoms with Gasteiger partial charge in [-0.3, -0.25) is 4.79 Å². The van der Waals surface area contributed by atoms with E-state index in [-0.39, 0.29) is 17.0 Å². The van der Waals surface area contributed by atoms with Gasteiger partial charge >= 0.3 is 0 Å². The van der Waals surface area contributed by atoms with Crippen LogP contribution in [0.25, 0.3) is 39.5 Å². The van der Waals surface area contributed by atoms with Crippen molar-refractivity contribution in [3.8, 4) is 28.8 Å². The predicted octanol–water partition coefficient (Wildman–Crippen LogP) is 5.50. The molecular formula is C27H18ClN5O2. The number of benzene rings is 3. The molecule has 2 heterocycles. The molecule has 8 heteroatoms. The molecule has 0 aliphatic heterocycles. The largest absolute Gasteiger partial charge is 0.497 e. The van der Waals surface area contributed by atoms with Crippen LogP contribution in [0.3, 0.4) is 0 Å². The van der Waals surface area contributed by atoms with Crippen LogP contribution in [0, 0.1) is 11.3 Å². The molecule has 0 atom stereocenters. The van der Waals surface area contributed by atoms with E-state index in [4.69, 9.17) is 21.4 Å². The summed E-state index contributed by atoms with van der Waals surface area (Å²) in [4.78, 5) is 19.8. The molecule has 0 bridgehead atoms. The molecule has 0 unspecified atom stereocenters. The Morgan fingerprint density at radius 3 is 2.60 bits per heavy atom. The molecule has 5 aromatic rings. The third kappa shape index (κ3) is 4.43. The molecule has 7 nitrogen and oxygen atoms in total. The van der Waals surface area contributed by atoms with Crippen molar-refractivity contribution in [1.82, 2.24) is 19.7 Å². The highest BCUT2D eigenvalue weighted by Gasteiger charge is 2.15. The second-order valence-corrected chi connectivity index (χ2v) is 8.12. The molecule has 2 aromatic heterocycles. The Morgan fingerprint density at radius 1 is 1.11 bits per heavy atom. The number of nitriles is 1. The highest BCUT2D eigenvalue weighted by atomic mass is 35.5. The van der Waals surface area contributed by atoms with Crippen LogP contribution >= 0.6 is 11.6 Å². The lowest BCUT2D eigenvalue weighted by molar-refractivity contribution is 0.415. The number of para-hydroxylation sites is 1. The molecule has 35 heavy (non-hydrogen) atoms. The monoisotopic (exact) mass is 479 g/mol. The molecule has 1 N–H and O–H groups in total. The Balaban J connectivity index is 1.67. The second-order valence-electron chi connectivity index (χ2n) is 7.69. The maximum absolute atomic E-state index is 12.6. The van der Waals surface area contributed by atoms with Gasteiger partial charge in [0.25, 0.3) is 5.56 Å². The molecule has 0 spiro atoms. The standard InChI is InChI=1S/C27H18ClN5O2/c1-35-22-10-7-17(8-11-22)25-19(16-33(32-25)21-5-3-2-4-6-21)13-18(15-29)26-30-24-12-9-20(28)14-23(24)27(34)31-26/h2-14,16H,1H3,(H,30,31,34). The quantitative estimate of drug-likeness (QED) is 0.335. The van der Waals surface area contributed by atoms with Gasteiger partial charge in [-0.1, -0.05) is 29.8 Å². The molecule has 0 amide bonds. The van der Waals surface area contributed by atoms with Crippen molar-refractivity contribution < 1.29 is 4.74 Å². The Hall–Kier alpha value is -4.67. The van der Waals surface area contributed by atoms with Crippen LogP contribution < -0.4 is 10.3 Å². The van der Waals surface area contributed by atoms with E-state index in [1.807, 2.05) is 60.8 Å². The van der Waals surface area contributed by atoms with E-state index in [0.29, 0.717) is 27.2 Å². The number of aromatic nitrogens is 4. The zero-order valence-electron chi connectivity index (χ0n) is 18.6. The van der Waals surface area contributed by atoms with Gasteiger partial charge in [0, 0.05) is 22.3 Å². The SMILES string of the molecule is COc1ccc(-c2nn(-c3ccccc3)cc2C=C(C#N)c2nc3ccc(Cl)cc3c(=O)[nH]2)cc1. The van der Waals surface area contributed by atoms with Gasteiger partial charge in [0.15, 0.2) is 5.82 Å². The molecule has 0 saturated carbocycles. The predicted molar refractivity (Wildman–Crippen MR) is 136 cm³/mol. The number of ether oxygens (including phenoxy) is 1. The highest BCUT2D eigenvalue weighted by Crippen LogP contribution is 2.28. The third-order valence-corrected chi connectivity index (χ3v) is 5.70. The highest BCUT2D eigenvalue weighted by molar-refractivity contribution is 6.31. The lowest BCUT2D eigenvalue weighted by Crippen LogP contribution is -2.11. The lowest BCUT2D eigenvalue weighted by Gasteiger charge is -2.04. The molecular weight excluding hydrogens is 462 g/mol. The first-order valence-electron chi connectivity index (χ1n) is 10.7. The fraction of sp³-hybridized carbons (Fsp3) is 0.0370. The summed E-state index contributed by atoms with van der Waals surface area (Å²) in [5.41, 5.74) is 3.34. The lowest BCUT2D eigenvalue weighted by atomic mass is 10.1. The Kier molecular flexibility index (Phi) is 5.88. The van der Waals surface area contributed by atoms with E-state index in [0.717, 1.165) is 17.0 Å². The van der Waals surface area contributed by atoms with Gasteiger partial charge in [0.1, 0.15) is 11.8 Å². The molecule has 0 fully saturated rings. The van der Waals surface area contributed by atoms with E-state index in [1.165, 1.54) is 0 Å². The van der Waals surface area contributed by atoms with Gasteiger partial charge in [0.05, 0.1) is 35.0 Å². The zero-order valence-corrected chi connectivity index (χ0v) is 19.3. The maximum Gasteiger partial charge on any atom is 0.259 e. The van der Waals surface area contributed by atoms with Crippen molar-refractivity contribution in [3.05, 3.63) is 106 Å². The number of nitrogens with zero attached hydrogens (tertiary/aromatic N) is 4. The summed E-state index contributed by atoms with van der Waals surface area (Å²) in [6.07, 6.45) is 3.51. The number of methoxy groups -OCH3 is 1. The van der Waals surface area contributed by atoms with E-state index in [9.17, 15) is 10.1 Å². The topological polar surface area (TPSA) is 96.6 Å². The van der Waals surface area contributed by atoms with Gasteiger partial charge in [-0.2, -0.15) is 10.4 Å². The van der Waals surface area contributed by atoms with Crippen molar-refractivity contribution >= 4 is 34.2 Å². The summed E-state index contributed by atoms with van der Waals surface area (Å²) in [6.45, 7) is 0. The smallest absolute Gasteiger partial charge is 0.259 e. The van der Waals surface area contributed by atoms with E-state index in [1.54, 1.807) is 36.1 Å². The fourth-order valence-electron chi connectivity index (χ4n) is 3.73. The van der Waals surface area contributed by atoms with Gasteiger partial charge in [-0.15, -0.1) is 0 Å². The van der Waals surface area contributed by atoms with Crippen molar-refractivity contribution in [3.63, 3.8) is 0 Å². The molecule has 5 rings (SSSR count). The first-order chi connectivity index (χ1) is 17.1. The van der Waals surface area contributed by atoms with Crippen LogP contribution in [-0.4, -0.2) is 26.9 Å². The Bertz CT molecular complexity index is 1660. The molecule has 3 aromatic carbocycles. The van der Waals surface area contributed by atoms with Crippen LogP contribution in [-0.2, 0) is 0 Å². The summed E-state index contributed by atoms with van der Waals surface area (Å²) in [5.74, 6) is 0.893. The number of hydrogen-bond donors (Lipinski definition) is 1. The van der Waals surface area contributed by atoms with Gasteiger partial charge in [0.2, 0.25) is 0 Å². The average Bonchev–Trinajstić information content (AvgIpc) is 3.32. The molecule has 0 saturated heterocycles.